The first-order valence-electron chi connectivity index (χ1n) is 6.25. The number of carboxylic acid groups (broad SMARTS) is 1. The Morgan fingerprint density at radius 1 is 1.30 bits per heavy atom. The van der Waals surface area contributed by atoms with Gasteiger partial charge in [0, 0.05) is 6.42 Å². The van der Waals surface area contributed by atoms with Gasteiger partial charge in [-0.15, -0.1) is 0 Å². The van der Waals surface area contributed by atoms with Crippen molar-refractivity contribution in [2.75, 3.05) is 6.79 Å². The predicted octanol–water partition coefficient (Wildman–Crippen LogP) is 2.59. The van der Waals surface area contributed by atoms with Crippen LogP contribution in [0.1, 0.15) is 18.2 Å². The van der Waals surface area contributed by atoms with Crippen LogP contribution in [0.5, 0.6) is 11.5 Å². The van der Waals surface area contributed by atoms with Crippen molar-refractivity contribution >= 4 is 5.97 Å². The van der Waals surface area contributed by atoms with E-state index in [4.69, 9.17) is 13.9 Å². The second-order valence-electron chi connectivity index (χ2n) is 4.96. The third-order valence-corrected chi connectivity index (χ3v) is 3.59. The molecule has 0 spiro atoms. The standard InChI is InChI=1S/C15H14O5/c1-15(14(16)17,8-11-3-2-6-18-11)10-4-5-12-13(7-10)20-9-19-12/h2-7H,8-9H2,1H3,(H,16,17). The molecule has 5 nitrogen and oxygen atoms in total. The van der Waals surface area contributed by atoms with Crippen LogP contribution in [-0.2, 0) is 16.6 Å². The lowest BCUT2D eigenvalue weighted by Gasteiger charge is -2.24. The zero-order chi connectivity index (χ0) is 14.2. The van der Waals surface area contributed by atoms with Gasteiger partial charge in [-0.05, 0) is 36.8 Å². The molecule has 1 aliphatic heterocycles. The maximum atomic E-state index is 11.7. The van der Waals surface area contributed by atoms with Crippen LogP contribution in [0.4, 0.5) is 0 Å². The minimum atomic E-state index is -1.08. The highest BCUT2D eigenvalue weighted by Crippen LogP contribution is 2.38. The van der Waals surface area contributed by atoms with E-state index in [1.807, 2.05) is 0 Å². The molecule has 5 heteroatoms. The molecule has 0 amide bonds. The van der Waals surface area contributed by atoms with E-state index in [1.54, 1.807) is 37.3 Å². The molecular weight excluding hydrogens is 260 g/mol. The van der Waals surface area contributed by atoms with Crippen molar-refractivity contribution in [3.8, 4) is 11.5 Å². The molecular formula is C15H14O5. The number of fused-ring (bicyclic) bond motifs is 1. The topological polar surface area (TPSA) is 68.9 Å². The highest BCUT2D eigenvalue weighted by atomic mass is 16.7. The lowest BCUT2D eigenvalue weighted by atomic mass is 9.78. The van der Waals surface area contributed by atoms with Gasteiger partial charge < -0.3 is 19.0 Å². The van der Waals surface area contributed by atoms with Crippen LogP contribution in [0.2, 0.25) is 0 Å². The third-order valence-electron chi connectivity index (χ3n) is 3.59. The number of carboxylic acids is 1. The lowest BCUT2D eigenvalue weighted by molar-refractivity contribution is -0.143. The van der Waals surface area contributed by atoms with Gasteiger partial charge in [-0.1, -0.05) is 6.07 Å². The summed E-state index contributed by atoms with van der Waals surface area (Å²) in [4.78, 5) is 11.7. The van der Waals surface area contributed by atoms with Crippen molar-refractivity contribution < 1.29 is 23.8 Å². The summed E-state index contributed by atoms with van der Waals surface area (Å²) in [6.45, 7) is 1.84. The van der Waals surface area contributed by atoms with Gasteiger partial charge in [0.05, 0.1) is 11.7 Å². The summed E-state index contributed by atoms with van der Waals surface area (Å²) in [5.74, 6) is 0.939. The van der Waals surface area contributed by atoms with E-state index in [0.717, 1.165) is 0 Å². The second-order valence-corrected chi connectivity index (χ2v) is 4.96. The Hall–Kier alpha value is -2.43. The molecule has 0 radical (unpaired) electrons. The summed E-state index contributed by atoms with van der Waals surface area (Å²) in [6, 6.07) is 8.73. The number of hydrogen-bond donors (Lipinski definition) is 1. The molecule has 3 rings (SSSR count). The Morgan fingerprint density at radius 3 is 2.80 bits per heavy atom. The van der Waals surface area contributed by atoms with Crippen molar-refractivity contribution in [1.82, 2.24) is 0 Å². The van der Waals surface area contributed by atoms with Gasteiger partial charge in [-0.25, -0.2) is 0 Å². The molecule has 1 aromatic heterocycles. The summed E-state index contributed by atoms with van der Waals surface area (Å²) in [6.07, 6.45) is 1.81. The number of furan rings is 1. The Morgan fingerprint density at radius 2 is 2.10 bits per heavy atom. The molecule has 0 saturated carbocycles. The smallest absolute Gasteiger partial charge is 0.314 e. The molecule has 1 atom stereocenters. The Kier molecular flexibility index (Phi) is 2.89. The van der Waals surface area contributed by atoms with E-state index in [1.165, 1.54) is 6.26 Å². The van der Waals surface area contributed by atoms with Crippen LogP contribution in [0.15, 0.2) is 41.0 Å². The fraction of sp³-hybridized carbons (Fsp3) is 0.267. The summed E-state index contributed by atoms with van der Waals surface area (Å²) >= 11 is 0. The van der Waals surface area contributed by atoms with Gasteiger partial charge in [-0.2, -0.15) is 0 Å². The SMILES string of the molecule is CC(Cc1ccco1)(C(=O)O)c1ccc2c(c1)OCO2. The normalized spacial score (nSPS) is 15.8. The van der Waals surface area contributed by atoms with E-state index in [0.29, 0.717) is 22.8 Å². The van der Waals surface area contributed by atoms with E-state index >= 15 is 0 Å². The first-order chi connectivity index (χ1) is 9.59. The molecule has 0 aliphatic carbocycles. The van der Waals surface area contributed by atoms with Crippen LogP contribution < -0.4 is 9.47 Å². The van der Waals surface area contributed by atoms with Gasteiger partial charge in [0.15, 0.2) is 11.5 Å². The molecule has 0 saturated heterocycles. The zero-order valence-corrected chi connectivity index (χ0v) is 11.0. The number of rotatable bonds is 4. The van der Waals surface area contributed by atoms with Crippen molar-refractivity contribution in [3.05, 3.63) is 47.9 Å². The van der Waals surface area contributed by atoms with Gasteiger partial charge in [0.2, 0.25) is 6.79 Å². The number of aliphatic carboxylic acids is 1. The van der Waals surface area contributed by atoms with E-state index < -0.39 is 11.4 Å². The van der Waals surface area contributed by atoms with Crippen molar-refractivity contribution in [3.63, 3.8) is 0 Å². The minimum Gasteiger partial charge on any atom is -0.481 e. The molecule has 1 aliphatic rings. The molecule has 0 fully saturated rings. The number of benzene rings is 1. The van der Waals surface area contributed by atoms with E-state index in [9.17, 15) is 9.90 Å². The summed E-state index contributed by atoms with van der Waals surface area (Å²) in [5, 5.41) is 9.62. The highest BCUT2D eigenvalue weighted by Gasteiger charge is 2.37. The van der Waals surface area contributed by atoms with Crippen LogP contribution in [-0.4, -0.2) is 17.9 Å². The van der Waals surface area contributed by atoms with Gasteiger partial charge in [-0.3, -0.25) is 4.79 Å². The van der Waals surface area contributed by atoms with E-state index in [2.05, 4.69) is 0 Å². The summed E-state index contributed by atoms with van der Waals surface area (Å²) in [7, 11) is 0. The van der Waals surface area contributed by atoms with Crippen LogP contribution in [0, 0.1) is 0 Å². The van der Waals surface area contributed by atoms with Crippen LogP contribution in [0.3, 0.4) is 0 Å². The summed E-state index contributed by atoms with van der Waals surface area (Å²) in [5.41, 5.74) is -0.426. The average Bonchev–Trinajstić information content (AvgIpc) is 3.07. The molecule has 104 valence electrons. The number of hydrogen-bond acceptors (Lipinski definition) is 4. The van der Waals surface area contributed by atoms with Crippen LogP contribution >= 0.6 is 0 Å². The van der Waals surface area contributed by atoms with Crippen molar-refractivity contribution in [1.29, 1.82) is 0 Å². The third kappa shape index (κ3) is 2.01. The zero-order valence-electron chi connectivity index (χ0n) is 11.0. The summed E-state index contributed by atoms with van der Waals surface area (Å²) < 4.78 is 15.8. The highest BCUT2D eigenvalue weighted by molar-refractivity contribution is 5.81. The average molecular weight is 274 g/mol. The first-order valence-corrected chi connectivity index (χ1v) is 6.25. The molecule has 20 heavy (non-hydrogen) atoms. The van der Waals surface area contributed by atoms with Gasteiger partial charge in [0.25, 0.3) is 0 Å². The van der Waals surface area contributed by atoms with E-state index in [-0.39, 0.29) is 13.2 Å². The van der Waals surface area contributed by atoms with Crippen molar-refractivity contribution in [2.45, 2.75) is 18.8 Å². The van der Waals surface area contributed by atoms with Crippen molar-refractivity contribution in [2.24, 2.45) is 0 Å². The maximum absolute atomic E-state index is 11.7. The molecule has 1 N–H and O–H groups in total. The Balaban J connectivity index is 1.99. The number of ether oxygens (including phenoxy) is 2. The van der Waals surface area contributed by atoms with Gasteiger partial charge in [0.1, 0.15) is 5.76 Å². The molecule has 0 bridgehead atoms. The first kappa shape index (κ1) is 12.6. The molecule has 1 aromatic carbocycles. The second kappa shape index (κ2) is 4.59. The Bertz CT molecular complexity index is 632. The Labute approximate surface area is 115 Å². The minimum absolute atomic E-state index is 0.167. The number of carbonyl (C=O) groups is 1. The largest absolute Gasteiger partial charge is 0.481 e. The van der Waals surface area contributed by atoms with Crippen LogP contribution in [0.25, 0.3) is 0 Å². The quantitative estimate of drug-likeness (QED) is 0.928. The maximum Gasteiger partial charge on any atom is 0.314 e. The fourth-order valence-electron chi connectivity index (χ4n) is 2.30. The molecule has 2 aromatic rings. The predicted molar refractivity (Wildman–Crippen MR) is 70.0 cm³/mol. The molecule has 2 heterocycles. The fourth-order valence-corrected chi connectivity index (χ4v) is 2.30. The monoisotopic (exact) mass is 274 g/mol. The molecule has 1 unspecified atom stereocenters. The van der Waals surface area contributed by atoms with Gasteiger partial charge >= 0.3 is 5.97 Å². The lowest BCUT2D eigenvalue weighted by Crippen LogP contribution is -2.34.